The van der Waals surface area contributed by atoms with Gasteiger partial charge in [-0.15, -0.1) is 0 Å². The maximum Gasteiger partial charge on any atom is 0.173 e. The van der Waals surface area contributed by atoms with Crippen LogP contribution >= 0.6 is 0 Å². The van der Waals surface area contributed by atoms with E-state index in [0.717, 1.165) is 0 Å². The number of rotatable bonds is 3. The van der Waals surface area contributed by atoms with Gasteiger partial charge in [-0.2, -0.15) is 0 Å². The predicted molar refractivity (Wildman–Crippen MR) is 60.7 cm³/mol. The topological polar surface area (TPSA) is 54.4 Å². The molecule has 2 N–H and O–H groups in total. The van der Waals surface area contributed by atoms with Crippen LogP contribution in [0.4, 0.5) is 0 Å². The lowest BCUT2D eigenvalue weighted by molar-refractivity contribution is -0.120. The second-order valence-corrected chi connectivity index (χ2v) is 6.05. The van der Waals surface area contributed by atoms with Gasteiger partial charge in [0, 0.05) is 12.1 Å². The van der Waals surface area contributed by atoms with Gasteiger partial charge in [-0.3, -0.25) is 4.90 Å². The van der Waals surface area contributed by atoms with E-state index < -0.39 is 6.29 Å². The summed E-state index contributed by atoms with van der Waals surface area (Å²) in [4.78, 5) is 2.34. The van der Waals surface area contributed by atoms with Gasteiger partial charge >= 0.3 is 0 Å². The highest BCUT2D eigenvalue weighted by molar-refractivity contribution is 5.17. The molecule has 3 rings (SSSR count). The molecule has 7 atom stereocenters. The molecule has 0 amide bonds. The number of fused-ring (bicyclic) bond motifs is 1. The second-order valence-electron chi connectivity index (χ2n) is 6.05. The molecule has 0 aromatic rings. The molecular weight excluding hydrogens is 204 g/mol. The average Bonchev–Trinajstić information content (AvgIpc) is 3.08. The molecule has 0 saturated carbocycles. The van der Waals surface area contributed by atoms with Gasteiger partial charge in [0.25, 0.3) is 0 Å². The fourth-order valence-corrected chi connectivity index (χ4v) is 3.28. The first-order valence-electron chi connectivity index (χ1n) is 6.39. The third kappa shape index (κ3) is 1.44. The van der Waals surface area contributed by atoms with Crippen LogP contribution in [0.3, 0.4) is 0 Å². The van der Waals surface area contributed by atoms with Gasteiger partial charge in [0.2, 0.25) is 0 Å². The van der Waals surface area contributed by atoms with Gasteiger partial charge in [0.05, 0.1) is 12.1 Å². The fraction of sp³-hybridized carbons (Fsp3) is 1.00. The number of hydrogen-bond donors (Lipinski definition) is 2. The molecule has 0 spiro atoms. The highest BCUT2D eigenvalue weighted by atomic mass is 16.6. The van der Waals surface area contributed by atoms with E-state index in [-0.39, 0.29) is 12.3 Å². The van der Waals surface area contributed by atoms with Crippen LogP contribution in [0, 0.1) is 11.8 Å². The zero-order chi connectivity index (χ0) is 11.6. The van der Waals surface area contributed by atoms with Crippen LogP contribution in [-0.4, -0.2) is 46.7 Å². The first kappa shape index (κ1) is 11.0. The van der Waals surface area contributed by atoms with Crippen molar-refractivity contribution in [2.24, 2.45) is 11.8 Å². The van der Waals surface area contributed by atoms with Crippen LogP contribution in [0.1, 0.15) is 27.7 Å². The molecule has 4 heteroatoms. The summed E-state index contributed by atoms with van der Waals surface area (Å²) in [6.45, 7) is 8.88. The van der Waals surface area contributed by atoms with E-state index in [4.69, 9.17) is 4.74 Å². The summed E-state index contributed by atoms with van der Waals surface area (Å²) in [6.07, 6.45) is -0.479. The van der Waals surface area contributed by atoms with Crippen molar-refractivity contribution in [2.45, 2.75) is 64.4 Å². The minimum Gasteiger partial charge on any atom is -0.366 e. The lowest BCUT2D eigenvalue weighted by Gasteiger charge is -2.19. The maximum atomic E-state index is 9.84. The fourth-order valence-electron chi connectivity index (χ4n) is 3.28. The molecule has 3 heterocycles. The molecular formula is C12H22N2O2. The first-order chi connectivity index (χ1) is 7.52. The Kier molecular flexibility index (Phi) is 2.34. The molecule has 16 heavy (non-hydrogen) atoms. The molecule has 92 valence electrons. The summed E-state index contributed by atoms with van der Waals surface area (Å²) in [5.74, 6) is 1.24. The Labute approximate surface area is 97.0 Å². The van der Waals surface area contributed by atoms with E-state index in [2.05, 4.69) is 37.9 Å². The Balaban J connectivity index is 1.66. The number of aliphatic hydroxyl groups is 1. The molecule has 0 aromatic carbocycles. The van der Waals surface area contributed by atoms with Gasteiger partial charge in [0.15, 0.2) is 6.29 Å². The molecule has 3 aliphatic rings. The summed E-state index contributed by atoms with van der Waals surface area (Å²) >= 11 is 0. The van der Waals surface area contributed by atoms with Crippen LogP contribution in [0.5, 0.6) is 0 Å². The van der Waals surface area contributed by atoms with Crippen molar-refractivity contribution in [3.63, 3.8) is 0 Å². The molecule has 0 radical (unpaired) electrons. The van der Waals surface area contributed by atoms with Crippen molar-refractivity contribution in [3.05, 3.63) is 0 Å². The number of nitrogens with one attached hydrogen (secondary N) is 1. The zero-order valence-electron chi connectivity index (χ0n) is 10.4. The molecule has 4 nitrogen and oxygen atoms in total. The second kappa shape index (κ2) is 3.42. The first-order valence-corrected chi connectivity index (χ1v) is 6.39. The van der Waals surface area contributed by atoms with Crippen LogP contribution in [0.15, 0.2) is 0 Å². The monoisotopic (exact) mass is 226 g/mol. The molecule has 1 unspecified atom stereocenters. The van der Waals surface area contributed by atoms with Gasteiger partial charge < -0.3 is 15.2 Å². The number of ether oxygens (including phenoxy) is 1. The van der Waals surface area contributed by atoms with Crippen LogP contribution in [0.25, 0.3) is 0 Å². The normalized spacial score (nSPS) is 54.6. The zero-order valence-corrected chi connectivity index (χ0v) is 10.4. The quantitative estimate of drug-likeness (QED) is 0.683. The Morgan fingerprint density at radius 2 is 1.88 bits per heavy atom. The Morgan fingerprint density at radius 1 is 1.19 bits per heavy atom. The standard InChI is InChI=1S/C12H22N2O2/c1-5(2)7-8(13-7)11-14-9(6(3)4)10(14)12(15)16-11/h5-13,15H,1-4H3/t7-,8+,9-,10-,11-,12-,14?/m1/s1. The third-order valence-corrected chi connectivity index (χ3v) is 4.18. The molecule has 0 bridgehead atoms. The number of aliphatic hydroxyl groups excluding tert-OH is 1. The SMILES string of the molecule is CC(C)[C@H]1N[C@@H]1[C@H]1O[C@@H](O)[C@H]2[C@@H](C(C)C)N21. The average molecular weight is 226 g/mol. The van der Waals surface area contributed by atoms with E-state index in [9.17, 15) is 5.11 Å². The highest BCUT2D eigenvalue weighted by Crippen LogP contribution is 2.48. The van der Waals surface area contributed by atoms with Gasteiger partial charge in [0.1, 0.15) is 6.23 Å². The lowest BCUT2D eigenvalue weighted by atomic mass is 10.1. The lowest BCUT2D eigenvalue weighted by Crippen LogP contribution is -2.33. The molecule has 0 aromatic heterocycles. The molecule has 0 aliphatic carbocycles. The van der Waals surface area contributed by atoms with Crippen LogP contribution in [-0.2, 0) is 4.74 Å². The molecule has 3 saturated heterocycles. The summed E-state index contributed by atoms with van der Waals surface area (Å²) in [5, 5.41) is 13.3. The minimum absolute atomic E-state index is 0.0970. The largest absolute Gasteiger partial charge is 0.366 e. The van der Waals surface area contributed by atoms with Crippen LogP contribution < -0.4 is 5.32 Å². The van der Waals surface area contributed by atoms with E-state index >= 15 is 0 Å². The van der Waals surface area contributed by atoms with Gasteiger partial charge in [-0.25, -0.2) is 0 Å². The molecule has 3 aliphatic heterocycles. The Bertz CT molecular complexity index is 291. The summed E-state index contributed by atoms with van der Waals surface area (Å²) in [7, 11) is 0. The van der Waals surface area contributed by atoms with Crippen molar-refractivity contribution >= 4 is 0 Å². The van der Waals surface area contributed by atoms with E-state index in [1.807, 2.05) is 0 Å². The third-order valence-electron chi connectivity index (χ3n) is 4.18. The summed E-state index contributed by atoms with van der Waals surface area (Å²) in [6, 6.07) is 1.75. The maximum absolute atomic E-state index is 9.84. The van der Waals surface area contributed by atoms with Crippen molar-refractivity contribution in [2.75, 3.05) is 0 Å². The highest BCUT2D eigenvalue weighted by Gasteiger charge is 2.67. The van der Waals surface area contributed by atoms with Gasteiger partial charge in [-0.1, -0.05) is 27.7 Å². The van der Waals surface area contributed by atoms with Crippen LogP contribution in [0.2, 0.25) is 0 Å². The summed E-state index contributed by atoms with van der Waals surface area (Å²) in [5.41, 5.74) is 0. The Morgan fingerprint density at radius 3 is 2.31 bits per heavy atom. The van der Waals surface area contributed by atoms with Crippen molar-refractivity contribution in [1.29, 1.82) is 0 Å². The number of nitrogens with zero attached hydrogens (tertiary/aromatic N) is 1. The van der Waals surface area contributed by atoms with Crippen molar-refractivity contribution in [1.82, 2.24) is 10.2 Å². The van der Waals surface area contributed by atoms with E-state index in [0.29, 0.717) is 30.0 Å². The van der Waals surface area contributed by atoms with Crippen molar-refractivity contribution in [3.8, 4) is 0 Å². The summed E-state index contributed by atoms with van der Waals surface area (Å²) < 4.78 is 5.63. The minimum atomic E-state index is -0.576. The molecule has 3 fully saturated rings. The Hall–Kier alpha value is -0.160. The van der Waals surface area contributed by atoms with E-state index in [1.165, 1.54) is 0 Å². The van der Waals surface area contributed by atoms with Gasteiger partial charge in [-0.05, 0) is 11.8 Å². The van der Waals surface area contributed by atoms with Crippen molar-refractivity contribution < 1.29 is 9.84 Å². The van der Waals surface area contributed by atoms with E-state index in [1.54, 1.807) is 0 Å². The smallest absolute Gasteiger partial charge is 0.173 e. The number of hydrogen-bond acceptors (Lipinski definition) is 4. The predicted octanol–water partition coefficient (Wildman–Crippen LogP) is 0.366.